The van der Waals surface area contributed by atoms with E-state index in [0.29, 0.717) is 0 Å². The molecule has 0 heterocycles. The number of nitrogens with zero attached hydrogens (tertiary/aromatic N) is 1. The topological polar surface area (TPSA) is 127 Å². The quantitative estimate of drug-likeness (QED) is 0.508. The van der Waals surface area contributed by atoms with Gasteiger partial charge in [0.05, 0.1) is 6.54 Å². The van der Waals surface area contributed by atoms with Gasteiger partial charge in [-0.1, -0.05) is 56.3 Å². The normalized spacial score (nSPS) is 13.1. The van der Waals surface area contributed by atoms with Crippen molar-refractivity contribution in [3.05, 3.63) is 48.0 Å². The molecule has 29 heavy (non-hydrogen) atoms. The van der Waals surface area contributed by atoms with E-state index in [-0.39, 0.29) is 18.9 Å². The average molecular weight is 402 g/mol. The minimum Gasteiger partial charge on any atom is -0.480 e. The number of hydrogen-bond acceptors (Lipinski definition) is 4. The van der Waals surface area contributed by atoms with Crippen LogP contribution in [0, 0.1) is 5.92 Å². The molecule has 0 saturated heterocycles. The summed E-state index contributed by atoms with van der Waals surface area (Å²) in [5.41, 5.74) is 0.748. The lowest BCUT2D eigenvalue weighted by atomic mass is 10.0. The van der Waals surface area contributed by atoms with Crippen LogP contribution in [0.15, 0.2) is 42.5 Å². The first-order valence-electron chi connectivity index (χ1n) is 9.34. The maximum absolute atomic E-state index is 12.6. The van der Waals surface area contributed by atoms with E-state index >= 15 is 0 Å². The van der Waals surface area contributed by atoms with E-state index in [9.17, 15) is 24.6 Å². The first-order valence-corrected chi connectivity index (χ1v) is 9.34. The standard InChI is InChI=1S/C21H26N2O6/c1-13(2)11-23(12-18(24)20(27)28)21(29)22-17(19(25)26)10-14-7-8-15-5-3-4-6-16(15)9-14/h3-9,13,17-18,24H,10-12H2,1-2H3,(H,22,29)(H,25,26)(H,27,28)/t17-,18+/m1/s1. The van der Waals surface area contributed by atoms with E-state index < -0.39 is 36.7 Å². The molecule has 8 heteroatoms. The van der Waals surface area contributed by atoms with Crippen molar-refractivity contribution in [2.75, 3.05) is 13.1 Å². The number of aliphatic hydroxyl groups excluding tert-OH is 1. The van der Waals surface area contributed by atoms with E-state index in [2.05, 4.69) is 5.32 Å². The number of benzene rings is 2. The van der Waals surface area contributed by atoms with Crippen LogP contribution in [-0.4, -0.2) is 63.4 Å². The summed E-state index contributed by atoms with van der Waals surface area (Å²) < 4.78 is 0. The Morgan fingerprint density at radius 3 is 2.21 bits per heavy atom. The lowest BCUT2D eigenvalue weighted by Crippen LogP contribution is -2.52. The summed E-state index contributed by atoms with van der Waals surface area (Å²) in [5, 5.41) is 32.5. The molecule has 0 bridgehead atoms. The van der Waals surface area contributed by atoms with E-state index in [4.69, 9.17) is 5.11 Å². The molecular weight excluding hydrogens is 376 g/mol. The van der Waals surface area contributed by atoms with Crippen molar-refractivity contribution in [2.24, 2.45) is 5.92 Å². The molecule has 0 spiro atoms. The van der Waals surface area contributed by atoms with Gasteiger partial charge >= 0.3 is 18.0 Å². The van der Waals surface area contributed by atoms with Crippen LogP contribution >= 0.6 is 0 Å². The Morgan fingerprint density at radius 1 is 0.966 bits per heavy atom. The molecule has 0 saturated carbocycles. The summed E-state index contributed by atoms with van der Waals surface area (Å²) >= 11 is 0. The zero-order valence-electron chi connectivity index (χ0n) is 16.4. The molecule has 0 unspecified atom stereocenters. The molecule has 4 N–H and O–H groups in total. The minimum absolute atomic E-state index is 0.00510. The van der Waals surface area contributed by atoms with E-state index in [0.717, 1.165) is 21.2 Å². The van der Waals surface area contributed by atoms with E-state index in [1.54, 1.807) is 0 Å². The number of urea groups is 1. The van der Waals surface area contributed by atoms with Gasteiger partial charge in [0.15, 0.2) is 6.10 Å². The van der Waals surface area contributed by atoms with Gasteiger partial charge in [-0.05, 0) is 22.3 Å². The van der Waals surface area contributed by atoms with Gasteiger partial charge in [-0.2, -0.15) is 0 Å². The first-order chi connectivity index (χ1) is 13.7. The zero-order valence-corrected chi connectivity index (χ0v) is 16.4. The van der Waals surface area contributed by atoms with Crippen LogP contribution < -0.4 is 5.32 Å². The highest BCUT2D eigenvalue weighted by Gasteiger charge is 2.27. The number of fused-ring (bicyclic) bond motifs is 1. The number of rotatable bonds is 9. The molecule has 2 aromatic carbocycles. The van der Waals surface area contributed by atoms with Crippen molar-refractivity contribution < 1.29 is 29.7 Å². The second-order valence-electron chi connectivity index (χ2n) is 7.38. The lowest BCUT2D eigenvalue weighted by Gasteiger charge is -2.27. The highest BCUT2D eigenvalue weighted by atomic mass is 16.4. The molecule has 0 fully saturated rings. The number of nitrogens with one attached hydrogen (secondary N) is 1. The van der Waals surface area contributed by atoms with Crippen LogP contribution in [0.5, 0.6) is 0 Å². The van der Waals surface area contributed by atoms with Crippen LogP contribution in [0.2, 0.25) is 0 Å². The first kappa shape index (κ1) is 22.2. The predicted molar refractivity (Wildman–Crippen MR) is 108 cm³/mol. The van der Waals surface area contributed by atoms with Crippen LogP contribution in [0.4, 0.5) is 4.79 Å². The van der Waals surface area contributed by atoms with Gasteiger partial charge < -0.3 is 25.5 Å². The highest BCUT2D eigenvalue weighted by molar-refractivity contribution is 5.85. The van der Waals surface area contributed by atoms with Gasteiger partial charge in [-0.3, -0.25) is 0 Å². The number of carboxylic acid groups (broad SMARTS) is 2. The number of carbonyl (C=O) groups is 3. The maximum atomic E-state index is 12.6. The van der Waals surface area contributed by atoms with Crippen LogP contribution in [-0.2, 0) is 16.0 Å². The van der Waals surface area contributed by atoms with Crippen molar-refractivity contribution in [2.45, 2.75) is 32.4 Å². The van der Waals surface area contributed by atoms with Crippen molar-refractivity contribution in [1.82, 2.24) is 10.2 Å². The third kappa shape index (κ3) is 6.46. The third-order valence-electron chi connectivity index (χ3n) is 4.40. The van der Waals surface area contributed by atoms with Crippen molar-refractivity contribution in [1.29, 1.82) is 0 Å². The van der Waals surface area contributed by atoms with Crippen molar-refractivity contribution in [3.8, 4) is 0 Å². The molecule has 0 radical (unpaired) electrons. The number of aliphatic hydroxyl groups is 1. The molecule has 0 aliphatic carbocycles. The summed E-state index contributed by atoms with van der Waals surface area (Å²) in [7, 11) is 0. The Bertz CT molecular complexity index is 882. The van der Waals surface area contributed by atoms with Gasteiger partial charge in [0.25, 0.3) is 0 Å². The summed E-state index contributed by atoms with van der Waals surface area (Å²) in [4.78, 5) is 36.3. The third-order valence-corrected chi connectivity index (χ3v) is 4.40. The lowest BCUT2D eigenvalue weighted by molar-refractivity contribution is -0.147. The number of hydrogen-bond donors (Lipinski definition) is 4. The van der Waals surface area contributed by atoms with Gasteiger partial charge in [-0.25, -0.2) is 14.4 Å². The number of aliphatic carboxylic acids is 2. The van der Waals surface area contributed by atoms with E-state index in [1.165, 1.54) is 0 Å². The maximum Gasteiger partial charge on any atom is 0.334 e. The molecule has 2 atom stereocenters. The summed E-state index contributed by atoms with van der Waals surface area (Å²) in [5.74, 6) is -2.64. The zero-order chi connectivity index (χ0) is 21.6. The largest absolute Gasteiger partial charge is 0.480 e. The molecule has 0 aliphatic rings. The van der Waals surface area contributed by atoms with Crippen LogP contribution in [0.1, 0.15) is 19.4 Å². The van der Waals surface area contributed by atoms with Gasteiger partial charge in [0.1, 0.15) is 6.04 Å². The second kappa shape index (κ2) is 9.88. The predicted octanol–water partition coefficient (Wildman–Crippen LogP) is 1.95. The molecule has 2 rings (SSSR count). The Kier molecular flexibility index (Phi) is 7.55. The van der Waals surface area contributed by atoms with Gasteiger partial charge in [0.2, 0.25) is 0 Å². The molecule has 0 aliphatic heterocycles. The van der Waals surface area contributed by atoms with Gasteiger partial charge in [0, 0.05) is 13.0 Å². The van der Waals surface area contributed by atoms with Gasteiger partial charge in [-0.15, -0.1) is 0 Å². The minimum atomic E-state index is -1.75. The average Bonchev–Trinajstić information content (AvgIpc) is 2.66. The molecule has 0 aromatic heterocycles. The van der Waals surface area contributed by atoms with Crippen molar-refractivity contribution in [3.63, 3.8) is 0 Å². The highest BCUT2D eigenvalue weighted by Crippen LogP contribution is 2.17. The second-order valence-corrected chi connectivity index (χ2v) is 7.38. The summed E-state index contributed by atoms with van der Waals surface area (Å²) in [6.45, 7) is 3.41. The Morgan fingerprint density at radius 2 is 1.62 bits per heavy atom. The SMILES string of the molecule is CC(C)CN(C[C@H](O)C(=O)O)C(=O)N[C@H](Cc1ccc2ccccc2c1)C(=O)O. The number of carboxylic acids is 2. The molecular formula is C21H26N2O6. The van der Waals surface area contributed by atoms with Crippen molar-refractivity contribution >= 4 is 28.7 Å². The Hall–Kier alpha value is -3.13. The Labute approximate surface area is 168 Å². The summed E-state index contributed by atoms with van der Waals surface area (Å²) in [6.07, 6.45) is -1.67. The molecule has 2 amide bonds. The smallest absolute Gasteiger partial charge is 0.334 e. The van der Waals surface area contributed by atoms with Crippen LogP contribution in [0.25, 0.3) is 10.8 Å². The summed E-state index contributed by atoms with van der Waals surface area (Å²) in [6, 6.07) is 11.3. The molecule has 8 nitrogen and oxygen atoms in total. The number of carbonyl (C=O) groups excluding carboxylic acids is 1. The fourth-order valence-electron chi connectivity index (χ4n) is 3.01. The monoisotopic (exact) mass is 402 g/mol. The molecule has 156 valence electrons. The fraction of sp³-hybridized carbons (Fsp3) is 0.381. The molecule has 2 aromatic rings. The number of amides is 2. The Balaban J connectivity index is 2.14. The van der Waals surface area contributed by atoms with Crippen LogP contribution in [0.3, 0.4) is 0 Å². The van der Waals surface area contributed by atoms with E-state index in [1.807, 2.05) is 56.3 Å². The fourth-order valence-corrected chi connectivity index (χ4v) is 3.01.